The van der Waals surface area contributed by atoms with Crippen LogP contribution in [0.15, 0.2) is 70.8 Å². The number of rotatable bonds is 11. The lowest BCUT2D eigenvalue weighted by Gasteiger charge is -2.22. The van der Waals surface area contributed by atoms with Gasteiger partial charge in [0.1, 0.15) is 4.75 Å². The molecule has 0 saturated heterocycles. The number of carboxylic acid groups (broad SMARTS) is 1. The van der Waals surface area contributed by atoms with Crippen LogP contribution in [0.5, 0.6) is 0 Å². The minimum atomic E-state index is -0.922. The van der Waals surface area contributed by atoms with Crippen LogP contribution in [0.1, 0.15) is 37.6 Å². The Hall–Kier alpha value is -3.01. The Labute approximate surface area is 231 Å². The molecule has 3 heterocycles. The summed E-state index contributed by atoms with van der Waals surface area (Å²) in [5.74, 6) is -0.189. The second-order valence-electron chi connectivity index (χ2n) is 8.86. The van der Waals surface area contributed by atoms with Crippen molar-refractivity contribution in [2.45, 2.75) is 49.2 Å². The summed E-state index contributed by atoms with van der Waals surface area (Å²) in [6.07, 6.45) is 7.23. The second kappa shape index (κ2) is 13.0. The van der Waals surface area contributed by atoms with Crippen LogP contribution in [0.25, 0.3) is 11.3 Å². The lowest BCUT2D eigenvalue weighted by atomic mass is 10.1. The van der Waals surface area contributed by atoms with Crippen LogP contribution in [0.2, 0.25) is 0 Å². The van der Waals surface area contributed by atoms with Crippen molar-refractivity contribution in [2.75, 3.05) is 11.4 Å². The minimum absolute atomic E-state index is 0. The minimum Gasteiger partial charge on any atom is -0.480 e. The highest BCUT2D eigenvalue weighted by Gasteiger charge is 2.29. The summed E-state index contributed by atoms with van der Waals surface area (Å²) in [7, 11) is 0. The summed E-state index contributed by atoms with van der Waals surface area (Å²) < 4.78 is -0.164. The van der Waals surface area contributed by atoms with Crippen molar-refractivity contribution in [2.24, 2.45) is 0 Å². The van der Waals surface area contributed by atoms with E-state index in [1.54, 1.807) is 13.8 Å². The van der Waals surface area contributed by atoms with Crippen molar-refractivity contribution < 1.29 is 9.90 Å². The van der Waals surface area contributed by atoms with Crippen molar-refractivity contribution in [1.29, 1.82) is 0 Å². The van der Waals surface area contributed by atoms with E-state index in [1.165, 1.54) is 23.1 Å². The number of carboxylic acids is 1. The number of pyridine rings is 1. The summed E-state index contributed by atoms with van der Waals surface area (Å²) in [5.41, 5.74) is 5.11. The van der Waals surface area contributed by atoms with Crippen molar-refractivity contribution in [3.63, 3.8) is 0 Å². The lowest BCUT2D eigenvalue weighted by Crippen LogP contribution is -2.27. The van der Waals surface area contributed by atoms with E-state index in [-0.39, 0.29) is 12.4 Å². The van der Waals surface area contributed by atoms with Gasteiger partial charge in [-0.3, -0.25) is 9.78 Å². The quantitative estimate of drug-likeness (QED) is 0.219. The Morgan fingerprint density at radius 1 is 1.03 bits per heavy atom. The van der Waals surface area contributed by atoms with Gasteiger partial charge in [0.05, 0.1) is 11.4 Å². The zero-order valence-corrected chi connectivity index (χ0v) is 23.4. The molecule has 0 aliphatic carbocycles. The molecule has 0 atom stereocenters. The van der Waals surface area contributed by atoms with Crippen molar-refractivity contribution >= 4 is 47.4 Å². The fraction of sp³-hybridized carbons (Fsp3) is 0.296. The van der Waals surface area contributed by atoms with Gasteiger partial charge in [-0.05, 0) is 37.5 Å². The number of halogens is 1. The summed E-state index contributed by atoms with van der Waals surface area (Å²) in [6, 6.07) is 14.2. The molecule has 194 valence electrons. The lowest BCUT2D eigenvalue weighted by molar-refractivity contribution is -0.138. The first-order chi connectivity index (χ1) is 17.3. The number of benzene rings is 1. The van der Waals surface area contributed by atoms with Gasteiger partial charge in [-0.2, -0.15) is 0 Å². The highest BCUT2D eigenvalue weighted by molar-refractivity contribution is 8.03. The van der Waals surface area contributed by atoms with E-state index in [0.717, 1.165) is 38.8 Å². The van der Waals surface area contributed by atoms with Crippen LogP contribution < -0.4 is 4.90 Å². The SMILES string of the molecule is CCc1cnc(N(CCc2csc(SC(C)(C)C(=O)O)n2)Cc2ccc(-c3ccccc3)nc2)nc1.Cl. The average Bonchev–Trinajstić information content (AvgIpc) is 3.34. The molecule has 3 aromatic heterocycles. The van der Waals surface area contributed by atoms with Gasteiger partial charge in [0.25, 0.3) is 0 Å². The van der Waals surface area contributed by atoms with E-state index in [2.05, 4.69) is 50.0 Å². The van der Waals surface area contributed by atoms with Crippen LogP contribution in [-0.2, 0) is 24.2 Å². The normalized spacial score (nSPS) is 11.1. The summed E-state index contributed by atoms with van der Waals surface area (Å²) in [5, 5.41) is 11.4. The number of aliphatic carboxylic acids is 1. The average molecular weight is 556 g/mol. The van der Waals surface area contributed by atoms with Crippen LogP contribution in [0, 0.1) is 0 Å². The van der Waals surface area contributed by atoms with Gasteiger partial charge in [-0.1, -0.05) is 55.1 Å². The molecule has 0 bridgehead atoms. The molecule has 1 N–H and O–H groups in total. The third kappa shape index (κ3) is 7.74. The highest BCUT2D eigenvalue weighted by atomic mass is 35.5. The van der Waals surface area contributed by atoms with E-state index in [0.29, 0.717) is 25.5 Å². The number of carbonyl (C=O) groups is 1. The van der Waals surface area contributed by atoms with Crippen molar-refractivity contribution in [1.82, 2.24) is 19.9 Å². The molecule has 1 aromatic carbocycles. The van der Waals surface area contributed by atoms with Gasteiger partial charge in [-0.15, -0.1) is 23.7 Å². The molecule has 0 radical (unpaired) electrons. The number of thiazole rings is 1. The maximum Gasteiger partial charge on any atom is 0.319 e. The summed E-state index contributed by atoms with van der Waals surface area (Å²) >= 11 is 2.75. The van der Waals surface area contributed by atoms with Crippen LogP contribution in [-0.4, -0.2) is 42.3 Å². The third-order valence-electron chi connectivity index (χ3n) is 5.68. The van der Waals surface area contributed by atoms with Crippen LogP contribution >= 0.6 is 35.5 Å². The van der Waals surface area contributed by atoms with Gasteiger partial charge in [-0.25, -0.2) is 15.0 Å². The van der Waals surface area contributed by atoms with Gasteiger partial charge in [0.2, 0.25) is 5.95 Å². The molecule has 0 saturated carbocycles. The molecule has 4 rings (SSSR count). The van der Waals surface area contributed by atoms with Gasteiger partial charge in [0, 0.05) is 49.0 Å². The number of thioether (sulfide) groups is 1. The number of nitrogens with zero attached hydrogens (tertiary/aromatic N) is 5. The number of anilines is 1. The van der Waals surface area contributed by atoms with Crippen LogP contribution in [0.3, 0.4) is 0 Å². The van der Waals surface area contributed by atoms with Crippen molar-refractivity contribution in [3.8, 4) is 11.3 Å². The van der Waals surface area contributed by atoms with Crippen LogP contribution in [0.4, 0.5) is 5.95 Å². The van der Waals surface area contributed by atoms with Gasteiger partial charge in [0.15, 0.2) is 4.34 Å². The first-order valence-corrected chi connectivity index (χ1v) is 13.5. The second-order valence-corrected chi connectivity index (χ2v) is 11.6. The number of aromatic nitrogens is 4. The predicted molar refractivity (Wildman–Crippen MR) is 153 cm³/mol. The zero-order valence-electron chi connectivity index (χ0n) is 21.0. The molecule has 0 aliphatic heterocycles. The first kappa shape index (κ1) is 28.6. The monoisotopic (exact) mass is 555 g/mol. The first-order valence-electron chi connectivity index (χ1n) is 11.8. The highest BCUT2D eigenvalue weighted by Crippen LogP contribution is 2.34. The molecular formula is C27H30ClN5O2S2. The maximum atomic E-state index is 11.5. The Balaban J connectivity index is 0.00000380. The molecule has 10 heteroatoms. The van der Waals surface area contributed by atoms with E-state index in [9.17, 15) is 9.90 Å². The molecular weight excluding hydrogens is 526 g/mol. The van der Waals surface area contributed by atoms with E-state index >= 15 is 0 Å². The Bertz CT molecular complexity index is 1280. The molecule has 0 fully saturated rings. The largest absolute Gasteiger partial charge is 0.480 e. The number of hydrogen-bond acceptors (Lipinski definition) is 8. The number of aryl methyl sites for hydroxylation is 1. The summed E-state index contributed by atoms with van der Waals surface area (Å²) in [6.45, 7) is 6.75. The Morgan fingerprint density at radius 3 is 2.35 bits per heavy atom. The zero-order chi connectivity index (χ0) is 25.5. The third-order valence-corrected chi connectivity index (χ3v) is 7.85. The maximum absolute atomic E-state index is 11.5. The van der Waals surface area contributed by atoms with E-state index in [1.807, 2.05) is 48.2 Å². The van der Waals surface area contributed by atoms with Gasteiger partial charge >= 0.3 is 5.97 Å². The molecule has 0 amide bonds. The fourth-order valence-corrected chi connectivity index (χ4v) is 5.65. The molecule has 37 heavy (non-hydrogen) atoms. The van der Waals surface area contributed by atoms with Crippen molar-refractivity contribution in [3.05, 3.63) is 83.3 Å². The smallest absolute Gasteiger partial charge is 0.319 e. The predicted octanol–water partition coefficient (Wildman–Crippen LogP) is 6.18. The molecule has 7 nitrogen and oxygen atoms in total. The summed E-state index contributed by atoms with van der Waals surface area (Å²) in [4.78, 5) is 32.1. The Kier molecular flexibility index (Phi) is 10.0. The number of hydrogen-bond donors (Lipinski definition) is 1. The molecule has 0 spiro atoms. The Morgan fingerprint density at radius 2 is 1.73 bits per heavy atom. The fourth-order valence-electron chi connectivity index (χ4n) is 3.42. The molecule has 4 aromatic rings. The standard InChI is InChI=1S/C27H29N5O2S2.ClH/c1-4-19-14-29-25(30-15-19)32(13-12-22-18-35-26(31-22)36-27(2,3)24(33)34)17-20-10-11-23(28-16-20)21-8-6-5-7-9-21;/h5-11,14-16,18H,4,12-13,17H2,1-3H3,(H,33,34);1H. The van der Waals surface area contributed by atoms with Gasteiger partial charge < -0.3 is 10.0 Å². The molecule has 0 aliphatic rings. The van der Waals surface area contributed by atoms with E-state index in [4.69, 9.17) is 0 Å². The van der Waals surface area contributed by atoms with E-state index < -0.39 is 10.7 Å². The molecule has 0 unspecified atom stereocenters. The topological polar surface area (TPSA) is 92.1 Å².